The SMILES string of the molecule is CCC(Oc1cc(Cl)ccc1Cl)C(N)=O. The second kappa shape index (κ2) is 5.24. The summed E-state index contributed by atoms with van der Waals surface area (Å²) in [4.78, 5) is 11.0. The number of hydrogen-bond acceptors (Lipinski definition) is 2. The lowest BCUT2D eigenvalue weighted by Crippen LogP contribution is -2.33. The Morgan fingerprint density at radius 2 is 2.20 bits per heavy atom. The molecule has 1 atom stereocenters. The summed E-state index contributed by atoms with van der Waals surface area (Å²) in [6.45, 7) is 1.80. The molecule has 15 heavy (non-hydrogen) atoms. The summed E-state index contributed by atoms with van der Waals surface area (Å²) < 4.78 is 5.35. The molecule has 0 aliphatic rings. The zero-order chi connectivity index (χ0) is 11.4. The van der Waals surface area contributed by atoms with E-state index < -0.39 is 12.0 Å². The number of halogens is 2. The third-order valence-electron chi connectivity index (χ3n) is 1.85. The lowest BCUT2D eigenvalue weighted by Gasteiger charge is -2.15. The molecule has 0 heterocycles. The van der Waals surface area contributed by atoms with Crippen molar-refractivity contribution in [2.75, 3.05) is 0 Å². The van der Waals surface area contributed by atoms with Crippen LogP contribution in [0.25, 0.3) is 0 Å². The van der Waals surface area contributed by atoms with Crippen LogP contribution in [0.15, 0.2) is 18.2 Å². The molecule has 0 radical (unpaired) electrons. The third-order valence-corrected chi connectivity index (χ3v) is 2.40. The highest BCUT2D eigenvalue weighted by Crippen LogP contribution is 2.28. The smallest absolute Gasteiger partial charge is 0.258 e. The van der Waals surface area contributed by atoms with Crippen molar-refractivity contribution in [3.63, 3.8) is 0 Å². The molecule has 1 aromatic rings. The van der Waals surface area contributed by atoms with Crippen LogP contribution < -0.4 is 10.5 Å². The fourth-order valence-electron chi connectivity index (χ4n) is 1.06. The quantitative estimate of drug-likeness (QED) is 0.890. The summed E-state index contributed by atoms with van der Waals surface area (Å²) >= 11 is 11.6. The van der Waals surface area contributed by atoms with Crippen LogP contribution in [0, 0.1) is 0 Å². The molecule has 1 aromatic carbocycles. The Morgan fingerprint density at radius 3 is 2.73 bits per heavy atom. The highest BCUT2D eigenvalue weighted by molar-refractivity contribution is 6.34. The second-order valence-corrected chi connectivity index (χ2v) is 3.84. The molecule has 2 N–H and O–H groups in total. The molecule has 0 aliphatic heterocycles. The second-order valence-electron chi connectivity index (χ2n) is 2.99. The Labute approximate surface area is 98.1 Å². The van der Waals surface area contributed by atoms with Crippen LogP contribution in [0.2, 0.25) is 10.0 Å². The zero-order valence-corrected chi connectivity index (χ0v) is 9.68. The van der Waals surface area contributed by atoms with Gasteiger partial charge < -0.3 is 10.5 Å². The number of nitrogens with two attached hydrogens (primary N) is 1. The first-order valence-corrected chi connectivity index (χ1v) is 5.21. The molecular formula is C10H11Cl2NO2. The van der Waals surface area contributed by atoms with Crippen LogP contribution in [0.5, 0.6) is 5.75 Å². The van der Waals surface area contributed by atoms with E-state index in [0.29, 0.717) is 22.2 Å². The van der Waals surface area contributed by atoms with Gasteiger partial charge in [0.1, 0.15) is 5.75 Å². The number of hydrogen-bond donors (Lipinski definition) is 1. The predicted molar refractivity (Wildman–Crippen MR) is 60.4 cm³/mol. The molecule has 1 rings (SSSR count). The van der Waals surface area contributed by atoms with Crippen LogP contribution in [0.4, 0.5) is 0 Å². The number of benzene rings is 1. The van der Waals surface area contributed by atoms with Crippen LogP contribution in [-0.2, 0) is 4.79 Å². The van der Waals surface area contributed by atoms with Crippen LogP contribution in [0.3, 0.4) is 0 Å². The molecule has 1 amide bonds. The normalized spacial score (nSPS) is 12.2. The van der Waals surface area contributed by atoms with Crippen molar-refractivity contribution in [1.82, 2.24) is 0 Å². The topological polar surface area (TPSA) is 52.3 Å². The maximum atomic E-state index is 11.0. The van der Waals surface area contributed by atoms with Crippen LogP contribution >= 0.6 is 23.2 Å². The Morgan fingerprint density at radius 1 is 1.53 bits per heavy atom. The van der Waals surface area contributed by atoms with Gasteiger partial charge in [0, 0.05) is 11.1 Å². The number of ether oxygens (including phenoxy) is 1. The average molecular weight is 248 g/mol. The van der Waals surface area contributed by atoms with Crippen molar-refractivity contribution in [2.24, 2.45) is 5.73 Å². The molecule has 3 nitrogen and oxygen atoms in total. The van der Waals surface area contributed by atoms with E-state index in [1.165, 1.54) is 0 Å². The molecule has 0 spiro atoms. The van der Waals surface area contributed by atoms with E-state index in [4.69, 9.17) is 33.7 Å². The zero-order valence-electron chi connectivity index (χ0n) is 8.17. The highest BCUT2D eigenvalue weighted by atomic mass is 35.5. The minimum absolute atomic E-state index is 0.370. The van der Waals surface area contributed by atoms with Gasteiger partial charge in [0.2, 0.25) is 0 Å². The summed E-state index contributed by atoms with van der Waals surface area (Å²) in [5, 5.41) is 0.896. The summed E-state index contributed by atoms with van der Waals surface area (Å²) in [7, 11) is 0. The molecule has 0 fully saturated rings. The highest BCUT2D eigenvalue weighted by Gasteiger charge is 2.16. The Balaban J connectivity index is 2.87. The van der Waals surface area contributed by atoms with Crippen molar-refractivity contribution >= 4 is 29.1 Å². The van der Waals surface area contributed by atoms with E-state index in [1.807, 2.05) is 0 Å². The van der Waals surface area contributed by atoms with Gasteiger partial charge >= 0.3 is 0 Å². The minimum Gasteiger partial charge on any atom is -0.479 e. The van der Waals surface area contributed by atoms with E-state index in [1.54, 1.807) is 25.1 Å². The summed E-state index contributed by atoms with van der Waals surface area (Å²) in [5.74, 6) is -0.150. The van der Waals surface area contributed by atoms with E-state index >= 15 is 0 Å². The van der Waals surface area contributed by atoms with Crippen molar-refractivity contribution < 1.29 is 9.53 Å². The number of primary amides is 1. The fourth-order valence-corrected chi connectivity index (χ4v) is 1.39. The first-order valence-electron chi connectivity index (χ1n) is 4.45. The maximum absolute atomic E-state index is 11.0. The van der Waals surface area contributed by atoms with Gasteiger partial charge in [-0.1, -0.05) is 30.1 Å². The standard InChI is InChI=1S/C10H11Cl2NO2/c1-2-8(10(13)14)15-9-5-6(11)3-4-7(9)12/h3-5,8H,2H2,1H3,(H2,13,14). The summed E-state index contributed by atoms with van der Waals surface area (Å²) in [6, 6.07) is 4.80. The lowest BCUT2D eigenvalue weighted by atomic mass is 10.2. The van der Waals surface area contributed by atoms with Gasteiger partial charge in [-0.05, 0) is 18.6 Å². The molecule has 0 bridgehead atoms. The van der Waals surface area contributed by atoms with Gasteiger partial charge in [-0.25, -0.2) is 0 Å². The van der Waals surface area contributed by atoms with Gasteiger partial charge in [-0.3, -0.25) is 4.79 Å². The number of carbonyl (C=O) groups is 1. The number of rotatable bonds is 4. The molecule has 0 saturated heterocycles. The summed E-state index contributed by atoms with van der Waals surface area (Å²) in [6.07, 6.45) is -0.195. The Hall–Kier alpha value is -0.930. The van der Waals surface area contributed by atoms with Crippen molar-refractivity contribution in [2.45, 2.75) is 19.4 Å². The van der Waals surface area contributed by atoms with Gasteiger partial charge in [0.05, 0.1) is 5.02 Å². The van der Waals surface area contributed by atoms with Crippen molar-refractivity contribution in [1.29, 1.82) is 0 Å². The average Bonchev–Trinajstić information content (AvgIpc) is 2.18. The molecular weight excluding hydrogens is 237 g/mol. The summed E-state index contributed by atoms with van der Waals surface area (Å²) in [5.41, 5.74) is 5.14. The molecule has 0 saturated carbocycles. The van der Waals surface area contributed by atoms with E-state index in [-0.39, 0.29) is 0 Å². The minimum atomic E-state index is -0.680. The largest absolute Gasteiger partial charge is 0.479 e. The molecule has 0 aromatic heterocycles. The number of carbonyl (C=O) groups excluding carboxylic acids is 1. The van der Waals surface area contributed by atoms with Gasteiger partial charge in [-0.15, -0.1) is 0 Å². The van der Waals surface area contributed by atoms with E-state index in [0.717, 1.165) is 0 Å². The Kier molecular flexibility index (Phi) is 4.24. The van der Waals surface area contributed by atoms with Gasteiger partial charge in [-0.2, -0.15) is 0 Å². The molecule has 0 aliphatic carbocycles. The Bertz CT molecular complexity index is 368. The van der Waals surface area contributed by atoms with Gasteiger partial charge in [0.15, 0.2) is 6.10 Å². The maximum Gasteiger partial charge on any atom is 0.258 e. The molecule has 82 valence electrons. The van der Waals surface area contributed by atoms with Crippen LogP contribution in [0.1, 0.15) is 13.3 Å². The molecule has 5 heteroatoms. The van der Waals surface area contributed by atoms with Crippen LogP contribution in [-0.4, -0.2) is 12.0 Å². The molecule has 1 unspecified atom stereocenters. The predicted octanol–water partition coefficient (Wildman–Crippen LogP) is 2.64. The first kappa shape index (κ1) is 12.1. The fraction of sp³-hybridized carbons (Fsp3) is 0.300. The first-order chi connectivity index (χ1) is 7.04. The number of amides is 1. The lowest BCUT2D eigenvalue weighted by molar-refractivity contribution is -0.124. The van der Waals surface area contributed by atoms with Crippen molar-refractivity contribution in [3.8, 4) is 5.75 Å². The van der Waals surface area contributed by atoms with E-state index in [9.17, 15) is 4.79 Å². The monoisotopic (exact) mass is 247 g/mol. The van der Waals surface area contributed by atoms with Crippen molar-refractivity contribution in [3.05, 3.63) is 28.2 Å². The third kappa shape index (κ3) is 3.29. The van der Waals surface area contributed by atoms with E-state index in [2.05, 4.69) is 0 Å². The van der Waals surface area contributed by atoms with Gasteiger partial charge in [0.25, 0.3) is 5.91 Å².